The Morgan fingerprint density at radius 3 is 2.75 bits per heavy atom. The average Bonchev–Trinajstić information content (AvgIpc) is 3.34. The van der Waals surface area contributed by atoms with Crippen LogP contribution in [0, 0.1) is 10.1 Å². The highest BCUT2D eigenvalue weighted by Gasteiger charge is 2.19. The summed E-state index contributed by atoms with van der Waals surface area (Å²) in [5.74, 6) is 0.741. The van der Waals surface area contributed by atoms with Gasteiger partial charge in [-0.05, 0) is 42.1 Å². The largest absolute Gasteiger partial charge is 0.451 e. The molecule has 0 atom stereocenters. The van der Waals surface area contributed by atoms with Gasteiger partial charge in [-0.25, -0.2) is 0 Å². The maximum atomic E-state index is 11.2. The zero-order chi connectivity index (χ0) is 19.1. The number of non-ortho nitro benzene ring substituents is 1. The minimum atomic E-state index is -0.426. The summed E-state index contributed by atoms with van der Waals surface area (Å²) < 4.78 is 11.5. The molecule has 0 unspecified atom stereocenters. The summed E-state index contributed by atoms with van der Waals surface area (Å²) in [6, 6.07) is 15.8. The fourth-order valence-corrected chi connectivity index (χ4v) is 3.69. The van der Waals surface area contributed by atoms with Crippen LogP contribution in [0.15, 0.2) is 79.7 Å². The Morgan fingerprint density at radius 2 is 1.89 bits per heavy atom. The van der Waals surface area contributed by atoms with E-state index in [9.17, 15) is 10.1 Å². The van der Waals surface area contributed by atoms with Crippen LogP contribution in [0.5, 0.6) is 0 Å². The molecule has 0 aliphatic carbocycles. The lowest BCUT2D eigenvalue weighted by Gasteiger charge is -2.03. The number of para-hydroxylation sites is 1. The quantitative estimate of drug-likeness (QED) is 0.308. The molecule has 0 saturated heterocycles. The van der Waals surface area contributed by atoms with Gasteiger partial charge in [0.2, 0.25) is 0 Å². The molecule has 0 saturated carbocycles. The smallest absolute Gasteiger partial charge is 0.284 e. The van der Waals surface area contributed by atoms with Gasteiger partial charge in [0.1, 0.15) is 5.58 Å². The number of pyridine rings is 1. The summed E-state index contributed by atoms with van der Waals surface area (Å²) >= 11 is 1.19. The summed E-state index contributed by atoms with van der Waals surface area (Å²) in [5, 5.41) is 21.0. The van der Waals surface area contributed by atoms with Crippen LogP contribution >= 0.6 is 11.8 Å². The molecule has 5 rings (SSSR count). The van der Waals surface area contributed by atoms with Crippen molar-refractivity contribution in [2.75, 3.05) is 0 Å². The van der Waals surface area contributed by atoms with Gasteiger partial charge < -0.3 is 8.83 Å². The fraction of sp³-hybridized carbons (Fsp3) is 0. The Morgan fingerprint density at radius 1 is 1.00 bits per heavy atom. The molecule has 5 aromatic rings. The molecule has 0 amide bonds. The zero-order valence-corrected chi connectivity index (χ0v) is 14.9. The normalized spacial score (nSPS) is 11.3. The topological polar surface area (TPSA) is 108 Å². The number of fused-ring (bicyclic) bond motifs is 2. The average molecular weight is 390 g/mol. The van der Waals surface area contributed by atoms with E-state index in [4.69, 9.17) is 8.83 Å². The van der Waals surface area contributed by atoms with Gasteiger partial charge in [-0.3, -0.25) is 15.1 Å². The molecule has 0 aliphatic rings. The molecule has 3 heterocycles. The lowest BCUT2D eigenvalue weighted by molar-refractivity contribution is -0.383. The summed E-state index contributed by atoms with van der Waals surface area (Å²) in [6.45, 7) is 0. The molecule has 8 nitrogen and oxygen atoms in total. The van der Waals surface area contributed by atoms with Crippen molar-refractivity contribution in [3.63, 3.8) is 0 Å². The minimum absolute atomic E-state index is 0.000874. The van der Waals surface area contributed by atoms with Crippen molar-refractivity contribution < 1.29 is 13.8 Å². The second-order valence-corrected chi connectivity index (χ2v) is 6.86. The van der Waals surface area contributed by atoms with E-state index in [1.165, 1.54) is 17.8 Å². The van der Waals surface area contributed by atoms with Gasteiger partial charge in [-0.15, -0.1) is 10.2 Å². The van der Waals surface area contributed by atoms with Gasteiger partial charge in [0.15, 0.2) is 5.76 Å². The molecule has 3 aromatic heterocycles. The predicted octanol–water partition coefficient (Wildman–Crippen LogP) is 5.09. The number of benzene rings is 2. The predicted molar refractivity (Wildman–Crippen MR) is 102 cm³/mol. The van der Waals surface area contributed by atoms with E-state index >= 15 is 0 Å². The van der Waals surface area contributed by atoms with Gasteiger partial charge in [0.05, 0.1) is 15.8 Å². The lowest BCUT2D eigenvalue weighted by atomic mass is 10.2. The second-order valence-electron chi connectivity index (χ2n) is 5.86. The molecular weight excluding hydrogens is 380 g/mol. The summed E-state index contributed by atoms with van der Waals surface area (Å²) in [7, 11) is 0. The van der Waals surface area contributed by atoms with E-state index in [0.717, 1.165) is 11.0 Å². The first kappa shape index (κ1) is 16.5. The first-order valence-electron chi connectivity index (χ1n) is 8.21. The third kappa shape index (κ3) is 2.78. The molecule has 0 aliphatic heterocycles. The van der Waals surface area contributed by atoms with Crippen molar-refractivity contribution in [1.29, 1.82) is 0 Å². The van der Waals surface area contributed by atoms with Crippen LogP contribution in [0.3, 0.4) is 0 Å². The lowest BCUT2D eigenvalue weighted by Crippen LogP contribution is -1.91. The number of furan rings is 1. The molecular formula is C19H10N4O4S. The monoisotopic (exact) mass is 390 g/mol. The van der Waals surface area contributed by atoms with Crippen molar-refractivity contribution in [2.45, 2.75) is 10.1 Å². The molecule has 2 aromatic carbocycles. The third-order valence-corrected chi connectivity index (χ3v) is 5.04. The van der Waals surface area contributed by atoms with Crippen molar-refractivity contribution >= 4 is 39.3 Å². The zero-order valence-electron chi connectivity index (χ0n) is 14.1. The van der Waals surface area contributed by atoms with Crippen molar-refractivity contribution in [3.05, 3.63) is 70.9 Å². The van der Waals surface area contributed by atoms with Gasteiger partial charge in [-0.2, -0.15) is 0 Å². The highest BCUT2D eigenvalue weighted by molar-refractivity contribution is 7.99. The van der Waals surface area contributed by atoms with Crippen LogP contribution in [-0.4, -0.2) is 20.1 Å². The van der Waals surface area contributed by atoms with Crippen LogP contribution in [0.2, 0.25) is 0 Å². The Bertz CT molecular complexity index is 1310. The van der Waals surface area contributed by atoms with Crippen molar-refractivity contribution in [3.8, 4) is 11.7 Å². The highest BCUT2D eigenvalue weighted by atomic mass is 32.2. The highest BCUT2D eigenvalue weighted by Crippen LogP contribution is 2.37. The number of aromatic nitrogens is 3. The molecule has 28 heavy (non-hydrogen) atoms. The van der Waals surface area contributed by atoms with Gasteiger partial charge in [0, 0.05) is 22.5 Å². The first-order chi connectivity index (χ1) is 13.7. The van der Waals surface area contributed by atoms with Gasteiger partial charge in [-0.1, -0.05) is 18.2 Å². The van der Waals surface area contributed by atoms with E-state index in [1.807, 2.05) is 30.3 Å². The van der Waals surface area contributed by atoms with Crippen LogP contribution < -0.4 is 0 Å². The molecule has 0 radical (unpaired) electrons. The van der Waals surface area contributed by atoms with E-state index in [2.05, 4.69) is 15.2 Å². The van der Waals surface area contributed by atoms with Crippen LogP contribution in [0.1, 0.15) is 0 Å². The van der Waals surface area contributed by atoms with E-state index in [0.29, 0.717) is 21.6 Å². The number of nitrogens with zero attached hydrogens (tertiary/aromatic N) is 4. The van der Waals surface area contributed by atoms with Gasteiger partial charge >= 0.3 is 0 Å². The first-order valence-corrected chi connectivity index (χ1v) is 9.03. The Balaban J connectivity index is 1.51. The summed E-state index contributed by atoms with van der Waals surface area (Å²) in [5.41, 5.74) is 1.24. The number of nitro benzene ring substituents is 1. The van der Waals surface area contributed by atoms with Crippen LogP contribution in [-0.2, 0) is 0 Å². The molecule has 136 valence electrons. The summed E-state index contributed by atoms with van der Waals surface area (Å²) in [6.07, 6.45) is 1.59. The SMILES string of the molecule is O=[N+]([O-])c1ccc(Sc2nnc(-c3cc4ccccc4o3)o2)c2ncccc12. The molecule has 0 fully saturated rings. The second kappa shape index (κ2) is 6.46. The Hall–Kier alpha value is -3.72. The number of rotatable bonds is 4. The number of hydrogen-bond donors (Lipinski definition) is 0. The van der Waals surface area contributed by atoms with Crippen LogP contribution in [0.25, 0.3) is 33.5 Å². The van der Waals surface area contributed by atoms with E-state index in [1.54, 1.807) is 24.4 Å². The maximum absolute atomic E-state index is 11.2. The van der Waals surface area contributed by atoms with Crippen LogP contribution in [0.4, 0.5) is 5.69 Å². The standard InChI is InChI=1S/C19H10N4O4S/c24-23(25)13-7-8-16(17-12(13)5-3-9-20-17)28-19-22-21-18(27-19)15-10-11-4-1-2-6-14(11)26-15/h1-10H. The number of hydrogen-bond acceptors (Lipinski definition) is 8. The minimum Gasteiger partial charge on any atom is -0.451 e. The molecule has 9 heteroatoms. The van der Waals surface area contributed by atoms with Crippen molar-refractivity contribution in [2.24, 2.45) is 0 Å². The number of nitro groups is 1. The fourth-order valence-electron chi connectivity index (χ4n) is 2.91. The van der Waals surface area contributed by atoms with Crippen molar-refractivity contribution in [1.82, 2.24) is 15.2 Å². The molecule has 0 bridgehead atoms. The third-order valence-electron chi connectivity index (χ3n) is 4.15. The van der Waals surface area contributed by atoms with Gasteiger partial charge in [0.25, 0.3) is 16.8 Å². The maximum Gasteiger partial charge on any atom is 0.284 e. The van der Waals surface area contributed by atoms with E-state index in [-0.39, 0.29) is 16.8 Å². The van der Waals surface area contributed by atoms with E-state index < -0.39 is 4.92 Å². The molecule has 0 spiro atoms. The Kier molecular flexibility index (Phi) is 3.80. The Labute approximate surface area is 161 Å². The molecule has 0 N–H and O–H groups in total. The summed E-state index contributed by atoms with van der Waals surface area (Å²) in [4.78, 5) is 15.8.